The van der Waals surface area contributed by atoms with E-state index < -0.39 is 11.9 Å². The van der Waals surface area contributed by atoms with Gasteiger partial charge in [0, 0.05) is 14.2 Å². The van der Waals surface area contributed by atoms with Crippen molar-refractivity contribution >= 4 is 11.9 Å². The lowest BCUT2D eigenvalue weighted by atomic mass is 10.2. The third-order valence-electron chi connectivity index (χ3n) is 2.71. The Balaban J connectivity index is 0. The zero-order valence-corrected chi connectivity index (χ0v) is 15.8. The van der Waals surface area contributed by atoms with Gasteiger partial charge < -0.3 is 20.4 Å². The number of rotatable bonds is 2. The highest BCUT2D eigenvalue weighted by molar-refractivity contribution is 5.87. The molecule has 0 atom stereocenters. The van der Waals surface area contributed by atoms with Crippen molar-refractivity contribution in [2.45, 2.75) is 0 Å². The summed E-state index contributed by atoms with van der Waals surface area (Å²) in [6.07, 6.45) is 0. The maximum atomic E-state index is 10.2. The van der Waals surface area contributed by atoms with Crippen LogP contribution in [0.3, 0.4) is 0 Å². The van der Waals surface area contributed by atoms with Crippen LogP contribution in [-0.4, -0.2) is 46.6 Å². The summed E-state index contributed by atoms with van der Waals surface area (Å²) >= 11 is 0. The van der Waals surface area contributed by atoms with Crippen molar-refractivity contribution in [1.29, 1.82) is 0 Å². The highest BCUT2D eigenvalue weighted by Gasteiger charge is 1.97. The molecular formula is C22H26O6. The van der Waals surface area contributed by atoms with E-state index in [2.05, 4.69) is 0 Å². The number of carboxylic acids is 2. The highest BCUT2D eigenvalue weighted by atomic mass is 16.4. The van der Waals surface area contributed by atoms with Gasteiger partial charge in [-0.05, 0) is 24.3 Å². The molecule has 0 heterocycles. The van der Waals surface area contributed by atoms with Crippen LogP contribution < -0.4 is 0 Å². The summed E-state index contributed by atoms with van der Waals surface area (Å²) in [6.45, 7) is 0. The molecule has 3 aromatic rings. The van der Waals surface area contributed by atoms with Crippen LogP contribution in [0.15, 0.2) is 97.1 Å². The van der Waals surface area contributed by atoms with Gasteiger partial charge in [0.1, 0.15) is 0 Å². The quantitative estimate of drug-likeness (QED) is 0.534. The highest BCUT2D eigenvalue weighted by Crippen LogP contribution is 1.96. The Morgan fingerprint density at radius 2 is 0.643 bits per heavy atom. The summed E-state index contributed by atoms with van der Waals surface area (Å²) in [6, 6.07) is 28.6. The van der Waals surface area contributed by atoms with Crippen molar-refractivity contribution in [2.75, 3.05) is 14.2 Å². The fourth-order valence-electron chi connectivity index (χ4n) is 1.55. The van der Waals surface area contributed by atoms with E-state index in [4.69, 9.17) is 20.4 Å². The SMILES string of the molecule is CO.CO.O=C(O)c1ccccc1.O=C(O)c1ccccc1.c1ccccc1. The van der Waals surface area contributed by atoms with E-state index in [1.807, 2.05) is 36.4 Å². The van der Waals surface area contributed by atoms with Crippen LogP contribution >= 0.6 is 0 Å². The molecule has 0 aromatic heterocycles. The molecule has 0 unspecified atom stereocenters. The molecule has 0 fully saturated rings. The van der Waals surface area contributed by atoms with Gasteiger partial charge in [0.2, 0.25) is 0 Å². The molecule has 0 saturated carbocycles. The van der Waals surface area contributed by atoms with Crippen molar-refractivity contribution in [2.24, 2.45) is 0 Å². The summed E-state index contributed by atoms with van der Waals surface area (Å²) < 4.78 is 0. The predicted octanol–water partition coefficient (Wildman–Crippen LogP) is 3.67. The number of benzene rings is 3. The zero-order valence-electron chi connectivity index (χ0n) is 15.8. The number of hydrogen-bond donors (Lipinski definition) is 4. The number of carboxylic acid groups (broad SMARTS) is 2. The molecule has 0 aliphatic carbocycles. The van der Waals surface area contributed by atoms with Crippen LogP contribution in [0, 0.1) is 0 Å². The number of aromatic carboxylic acids is 2. The van der Waals surface area contributed by atoms with Crippen LogP contribution in [0.5, 0.6) is 0 Å². The molecule has 0 spiro atoms. The van der Waals surface area contributed by atoms with E-state index in [1.165, 1.54) is 0 Å². The lowest BCUT2D eigenvalue weighted by molar-refractivity contribution is 0.0686. The Morgan fingerprint density at radius 3 is 0.786 bits per heavy atom. The van der Waals surface area contributed by atoms with Crippen LogP contribution in [0.4, 0.5) is 0 Å². The molecule has 28 heavy (non-hydrogen) atoms. The van der Waals surface area contributed by atoms with Crippen LogP contribution in [0.1, 0.15) is 20.7 Å². The fourth-order valence-corrected chi connectivity index (χ4v) is 1.55. The molecule has 0 aliphatic rings. The Hall–Kier alpha value is -3.48. The van der Waals surface area contributed by atoms with E-state index in [1.54, 1.807) is 60.7 Å². The van der Waals surface area contributed by atoms with Crippen LogP contribution in [0.2, 0.25) is 0 Å². The fraction of sp³-hybridized carbons (Fsp3) is 0.0909. The number of carbonyl (C=O) groups is 2. The molecule has 0 saturated heterocycles. The van der Waals surface area contributed by atoms with Crippen LogP contribution in [-0.2, 0) is 0 Å². The van der Waals surface area contributed by atoms with Crippen molar-refractivity contribution in [3.05, 3.63) is 108 Å². The summed E-state index contributed by atoms with van der Waals surface area (Å²) in [7, 11) is 2.00. The van der Waals surface area contributed by atoms with Gasteiger partial charge in [-0.15, -0.1) is 0 Å². The van der Waals surface area contributed by atoms with Gasteiger partial charge in [0.05, 0.1) is 11.1 Å². The van der Waals surface area contributed by atoms with Crippen molar-refractivity contribution in [3.63, 3.8) is 0 Å². The maximum absolute atomic E-state index is 10.2. The van der Waals surface area contributed by atoms with Crippen molar-refractivity contribution < 1.29 is 30.0 Å². The molecule has 4 N–H and O–H groups in total. The first-order chi connectivity index (χ1) is 13.6. The number of hydrogen-bond acceptors (Lipinski definition) is 4. The van der Waals surface area contributed by atoms with Gasteiger partial charge in [-0.2, -0.15) is 0 Å². The zero-order chi connectivity index (χ0) is 21.6. The maximum Gasteiger partial charge on any atom is 0.335 e. The minimum absolute atomic E-state index is 0.331. The smallest absolute Gasteiger partial charge is 0.335 e. The van der Waals surface area contributed by atoms with E-state index in [0.717, 1.165) is 14.2 Å². The minimum Gasteiger partial charge on any atom is -0.478 e. The van der Waals surface area contributed by atoms with Gasteiger partial charge in [-0.25, -0.2) is 9.59 Å². The lowest BCUT2D eigenvalue weighted by Gasteiger charge is -1.88. The Labute approximate surface area is 165 Å². The average molecular weight is 386 g/mol. The topological polar surface area (TPSA) is 115 Å². The standard InChI is InChI=1S/2C7H6O2.C6H6.2CH4O/c2*8-7(9)6-4-2-1-3-5-6;1-2-4-6-5-3-1;2*1-2/h2*1-5H,(H,8,9);1-6H;2*2H,1H3. The van der Waals surface area contributed by atoms with Crippen molar-refractivity contribution in [3.8, 4) is 0 Å². The second kappa shape index (κ2) is 19.8. The first-order valence-electron chi connectivity index (χ1n) is 8.07. The number of aliphatic hydroxyl groups is 2. The van der Waals surface area contributed by atoms with Gasteiger partial charge >= 0.3 is 11.9 Å². The third-order valence-corrected chi connectivity index (χ3v) is 2.71. The third kappa shape index (κ3) is 14.8. The Morgan fingerprint density at radius 1 is 0.464 bits per heavy atom. The minimum atomic E-state index is -0.879. The first-order valence-corrected chi connectivity index (χ1v) is 8.07. The Kier molecular flexibility index (Phi) is 19.0. The Bertz CT molecular complexity index is 640. The molecule has 3 rings (SSSR count). The van der Waals surface area contributed by atoms with Gasteiger partial charge in [-0.1, -0.05) is 72.8 Å². The summed E-state index contributed by atoms with van der Waals surface area (Å²) in [5.74, 6) is -1.76. The second-order valence-electron chi connectivity index (χ2n) is 4.50. The van der Waals surface area contributed by atoms with E-state index >= 15 is 0 Å². The summed E-state index contributed by atoms with van der Waals surface area (Å²) in [5, 5.41) is 30.8. The largest absolute Gasteiger partial charge is 0.478 e. The van der Waals surface area contributed by atoms with E-state index in [-0.39, 0.29) is 0 Å². The van der Waals surface area contributed by atoms with E-state index in [9.17, 15) is 9.59 Å². The normalized spacial score (nSPS) is 7.86. The second-order valence-corrected chi connectivity index (χ2v) is 4.50. The van der Waals surface area contributed by atoms with Crippen molar-refractivity contribution in [1.82, 2.24) is 0 Å². The number of aliphatic hydroxyl groups excluding tert-OH is 2. The van der Waals surface area contributed by atoms with Gasteiger partial charge in [0.15, 0.2) is 0 Å². The molecule has 0 aliphatic heterocycles. The molecule has 6 nitrogen and oxygen atoms in total. The van der Waals surface area contributed by atoms with Gasteiger partial charge in [-0.3, -0.25) is 0 Å². The average Bonchev–Trinajstić information content (AvgIpc) is 2.80. The predicted molar refractivity (Wildman–Crippen MR) is 110 cm³/mol. The summed E-state index contributed by atoms with van der Waals surface area (Å²) in [5.41, 5.74) is 0.662. The van der Waals surface area contributed by atoms with E-state index in [0.29, 0.717) is 11.1 Å². The molecular weight excluding hydrogens is 360 g/mol. The van der Waals surface area contributed by atoms with Gasteiger partial charge in [0.25, 0.3) is 0 Å². The molecule has 3 aromatic carbocycles. The summed E-state index contributed by atoms with van der Waals surface area (Å²) in [4.78, 5) is 20.4. The monoisotopic (exact) mass is 386 g/mol. The molecule has 6 heteroatoms. The molecule has 0 amide bonds. The lowest BCUT2D eigenvalue weighted by Crippen LogP contribution is -1.93. The molecule has 150 valence electrons. The first kappa shape index (κ1) is 26.7. The molecule has 0 bridgehead atoms. The molecule has 0 radical (unpaired) electrons. The van der Waals surface area contributed by atoms with Crippen LogP contribution in [0.25, 0.3) is 0 Å².